The lowest BCUT2D eigenvalue weighted by Crippen LogP contribution is -2.23. The summed E-state index contributed by atoms with van der Waals surface area (Å²) in [6, 6.07) is 0. The van der Waals surface area contributed by atoms with Crippen LogP contribution in [-0.2, 0) is 13.0 Å². The predicted molar refractivity (Wildman–Crippen MR) is 93.4 cm³/mol. The van der Waals surface area contributed by atoms with Crippen LogP contribution in [0, 0.1) is 0 Å². The number of nitrogens with zero attached hydrogens (tertiary/aromatic N) is 2. The molecule has 1 aromatic rings. The van der Waals surface area contributed by atoms with Gasteiger partial charge in [0.25, 0.3) is 0 Å². The molecule has 1 fully saturated rings. The Kier molecular flexibility index (Phi) is 7.51. The zero-order chi connectivity index (χ0) is 14.9. The van der Waals surface area contributed by atoms with Gasteiger partial charge in [0.2, 0.25) is 0 Å². The summed E-state index contributed by atoms with van der Waals surface area (Å²) >= 11 is 1.93. The molecule has 0 spiro atoms. The first kappa shape index (κ1) is 16.8. The van der Waals surface area contributed by atoms with Crippen LogP contribution < -0.4 is 10.2 Å². The Morgan fingerprint density at radius 2 is 1.86 bits per heavy atom. The summed E-state index contributed by atoms with van der Waals surface area (Å²) in [6.45, 7) is 9.01. The van der Waals surface area contributed by atoms with Gasteiger partial charge in [0, 0.05) is 24.5 Å². The summed E-state index contributed by atoms with van der Waals surface area (Å²) < 4.78 is 0. The molecule has 0 aromatic carbocycles. The van der Waals surface area contributed by atoms with E-state index in [0.717, 1.165) is 19.5 Å². The normalized spacial score (nSPS) is 16.2. The Bertz CT molecular complexity index is 395. The summed E-state index contributed by atoms with van der Waals surface area (Å²) in [5, 5.41) is 4.85. The van der Waals surface area contributed by atoms with E-state index in [4.69, 9.17) is 4.98 Å². The molecule has 0 bridgehead atoms. The van der Waals surface area contributed by atoms with Gasteiger partial charge in [-0.15, -0.1) is 11.3 Å². The first-order chi connectivity index (χ1) is 10.3. The van der Waals surface area contributed by atoms with Crippen LogP contribution in [0.2, 0.25) is 0 Å². The van der Waals surface area contributed by atoms with Gasteiger partial charge in [-0.05, 0) is 32.2 Å². The SMILES string of the molecule is CCCCNCc1sc(N2CCCCCC2)nc1CCC. The molecule has 1 aromatic heterocycles. The van der Waals surface area contributed by atoms with Gasteiger partial charge < -0.3 is 10.2 Å². The zero-order valence-corrected chi connectivity index (χ0v) is 14.6. The van der Waals surface area contributed by atoms with E-state index in [1.165, 1.54) is 73.7 Å². The van der Waals surface area contributed by atoms with Crippen LogP contribution in [0.1, 0.15) is 69.4 Å². The van der Waals surface area contributed by atoms with Crippen LogP contribution in [0.25, 0.3) is 0 Å². The summed E-state index contributed by atoms with van der Waals surface area (Å²) in [6.07, 6.45) is 10.3. The van der Waals surface area contributed by atoms with Crippen molar-refractivity contribution in [2.75, 3.05) is 24.5 Å². The van der Waals surface area contributed by atoms with Crippen molar-refractivity contribution in [3.05, 3.63) is 10.6 Å². The quantitative estimate of drug-likeness (QED) is 0.723. The van der Waals surface area contributed by atoms with Crippen LogP contribution in [-0.4, -0.2) is 24.6 Å². The minimum Gasteiger partial charge on any atom is -0.348 e. The predicted octanol–water partition coefficient (Wildman–Crippen LogP) is 4.37. The maximum atomic E-state index is 4.97. The summed E-state index contributed by atoms with van der Waals surface area (Å²) in [5.74, 6) is 0. The van der Waals surface area contributed by atoms with Gasteiger partial charge in [-0.3, -0.25) is 0 Å². The van der Waals surface area contributed by atoms with Crippen LogP contribution in [0.15, 0.2) is 0 Å². The van der Waals surface area contributed by atoms with E-state index < -0.39 is 0 Å². The van der Waals surface area contributed by atoms with Crippen LogP contribution in [0.3, 0.4) is 0 Å². The number of nitrogens with one attached hydrogen (secondary N) is 1. The molecule has 0 unspecified atom stereocenters. The molecule has 0 radical (unpaired) electrons. The van der Waals surface area contributed by atoms with Crippen LogP contribution >= 0.6 is 11.3 Å². The number of aromatic nitrogens is 1. The van der Waals surface area contributed by atoms with Crippen molar-refractivity contribution < 1.29 is 0 Å². The Hall–Kier alpha value is -0.610. The summed E-state index contributed by atoms with van der Waals surface area (Å²) in [5.41, 5.74) is 1.34. The van der Waals surface area contributed by atoms with Crippen molar-refractivity contribution >= 4 is 16.5 Å². The standard InChI is InChI=1S/C17H31N3S/c1-3-5-11-18-14-16-15(10-4-2)19-17(21-16)20-12-8-6-7-9-13-20/h18H,3-14H2,1-2H3. The molecule has 4 heteroatoms. The third-order valence-electron chi connectivity index (χ3n) is 4.12. The monoisotopic (exact) mass is 309 g/mol. The van der Waals surface area contributed by atoms with Gasteiger partial charge in [0.15, 0.2) is 5.13 Å². The zero-order valence-electron chi connectivity index (χ0n) is 13.8. The molecule has 120 valence electrons. The fourth-order valence-electron chi connectivity index (χ4n) is 2.84. The number of hydrogen-bond acceptors (Lipinski definition) is 4. The van der Waals surface area contributed by atoms with Crippen molar-refractivity contribution in [1.82, 2.24) is 10.3 Å². The molecule has 1 aliphatic rings. The molecular weight excluding hydrogens is 278 g/mol. The van der Waals surface area contributed by atoms with Crippen molar-refractivity contribution in [3.8, 4) is 0 Å². The van der Waals surface area contributed by atoms with E-state index in [9.17, 15) is 0 Å². The highest BCUT2D eigenvalue weighted by atomic mass is 32.1. The van der Waals surface area contributed by atoms with E-state index in [1.54, 1.807) is 0 Å². The third kappa shape index (κ3) is 5.26. The van der Waals surface area contributed by atoms with Crippen molar-refractivity contribution in [1.29, 1.82) is 0 Å². The van der Waals surface area contributed by atoms with E-state index in [2.05, 4.69) is 24.1 Å². The van der Waals surface area contributed by atoms with Gasteiger partial charge in [0.05, 0.1) is 5.69 Å². The Balaban J connectivity index is 2.00. The molecule has 0 aliphatic carbocycles. The molecule has 2 heterocycles. The lowest BCUT2D eigenvalue weighted by Gasteiger charge is -2.18. The highest BCUT2D eigenvalue weighted by Gasteiger charge is 2.17. The Morgan fingerprint density at radius 1 is 1.10 bits per heavy atom. The fourth-order valence-corrected chi connectivity index (χ4v) is 3.97. The maximum absolute atomic E-state index is 4.97. The van der Waals surface area contributed by atoms with Crippen molar-refractivity contribution in [3.63, 3.8) is 0 Å². The lowest BCUT2D eigenvalue weighted by atomic mass is 10.2. The minimum absolute atomic E-state index is 1.00. The van der Waals surface area contributed by atoms with E-state index in [1.807, 2.05) is 11.3 Å². The highest BCUT2D eigenvalue weighted by Crippen LogP contribution is 2.29. The average molecular weight is 310 g/mol. The smallest absolute Gasteiger partial charge is 0.185 e. The minimum atomic E-state index is 1.00. The molecule has 2 rings (SSSR count). The largest absolute Gasteiger partial charge is 0.348 e. The van der Waals surface area contributed by atoms with Gasteiger partial charge >= 0.3 is 0 Å². The van der Waals surface area contributed by atoms with E-state index in [-0.39, 0.29) is 0 Å². The van der Waals surface area contributed by atoms with Gasteiger partial charge in [-0.25, -0.2) is 4.98 Å². The van der Waals surface area contributed by atoms with Gasteiger partial charge in [0.1, 0.15) is 0 Å². The number of rotatable bonds is 8. The molecule has 1 N–H and O–H groups in total. The summed E-state index contributed by atoms with van der Waals surface area (Å²) in [4.78, 5) is 8.95. The third-order valence-corrected chi connectivity index (χ3v) is 5.28. The molecular formula is C17H31N3S. The van der Waals surface area contributed by atoms with E-state index >= 15 is 0 Å². The Labute approximate surface area is 134 Å². The first-order valence-electron chi connectivity index (χ1n) is 8.79. The topological polar surface area (TPSA) is 28.2 Å². The summed E-state index contributed by atoms with van der Waals surface area (Å²) in [7, 11) is 0. The average Bonchev–Trinajstić information content (AvgIpc) is 2.72. The second-order valence-corrected chi connectivity index (χ2v) is 7.11. The van der Waals surface area contributed by atoms with Crippen molar-refractivity contribution in [2.24, 2.45) is 0 Å². The van der Waals surface area contributed by atoms with Crippen LogP contribution in [0.5, 0.6) is 0 Å². The molecule has 0 atom stereocenters. The molecule has 1 aliphatic heterocycles. The molecule has 0 amide bonds. The molecule has 1 saturated heterocycles. The lowest BCUT2D eigenvalue weighted by molar-refractivity contribution is 0.641. The number of unbranched alkanes of at least 4 members (excludes halogenated alkanes) is 1. The number of aryl methyl sites for hydroxylation is 1. The second-order valence-electron chi connectivity index (χ2n) is 6.05. The number of anilines is 1. The second kappa shape index (κ2) is 9.42. The van der Waals surface area contributed by atoms with Crippen molar-refractivity contribution in [2.45, 2.75) is 71.8 Å². The molecule has 3 nitrogen and oxygen atoms in total. The van der Waals surface area contributed by atoms with Gasteiger partial charge in [-0.2, -0.15) is 0 Å². The number of thiazole rings is 1. The maximum Gasteiger partial charge on any atom is 0.185 e. The Morgan fingerprint density at radius 3 is 2.52 bits per heavy atom. The van der Waals surface area contributed by atoms with Gasteiger partial charge in [-0.1, -0.05) is 39.5 Å². The van der Waals surface area contributed by atoms with E-state index in [0.29, 0.717) is 0 Å². The first-order valence-corrected chi connectivity index (χ1v) is 9.61. The van der Waals surface area contributed by atoms with Crippen LogP contribution in [0.4, 0.5) is 5.13 Å². The molecule has 0 saturated carbocycles. The number of hydrogen-bond donors (Lipinski definition) is 1. The highest BCUT2D eigenvalue weighted by molar-refractivity contribution is 7.15. The fraction of sp³-hybridized carbons (Fsp3) is 0.824. The molecule has 21 heavy (non-hydrogen) atoms.